The number of fused-ring (bicyclic) bond motifs is 1. The molecule has 0 aromatic heterocycles. The number of carbonyl (C=O) groups is 3. The zero-order valence-corrected chi connectivity index (χ0v) is 13.1. The predicted octanol–water partition coefficient (Wildman–Crippen LogP) is 0.614. The Bertz CT molecular complexity index is 684. The molecule has 2 heterocycles. The largest absolute Gasteiger partial charge is 0.487 e. The van der Waals surface area contributed by atoms with Crippen molar-refractivity contribution >= 4 is 17.8 Å². The summed E-state index contributed by atoms with van der Waals surface area (Å²) >= 11 is 0. The van der Waals surface area contributed by atoms with Gasteiger partial charge in [-0.25, -0.2) is 4.79 Å². The first-order chi connectivity index (χ1) is 10.8. The first-order valence-corrected chi connectivity index (χ1v) is 7.51. The standard InChI is InChI=1S/C16H19N3O4/c1-16(2)7-10-5-9(3-4-12(10)23-16)8-17-13(20)6-11-14(21)19-15(22)18-11/h3-5,11H,6-8H2,1-2H3,(H,17,20)(H2,18,19,21,22)/t11-/m1/s1. The Morgan fingerprint density at radius 2 is 2.17 bits per heavy atom. The molecule has 3 N–H and O–H groups in total. The number of hydrogen-bond donors (Lipinski definition) is 3. The van der Waals surface area contributed by atoms with Crippen LogP contribution in [0.2, 0.25) is 0 Å². The van der Waals surface area contributed by atoms with E-state index in [1.165, 1.54) is 0 Å². The normalized spacial score (nSPS) is 21.2. The fourth-order valence-corrected chi connectivity index (χ4v) is 2.83. The summed E-state index contributed by atoms with van der Waals surface area (Å²) in [5.74, 6) is 0.127. The molecule has 0 bridgehead atoms. The minimum Gasteiger partial charge on any atom is -0.487 e. The second-order valence-electron chi connectivity index (χ2n) is 6.48. The van der Waals surface area contributed by atoms with Gasteiger partial charge < -0.3 is 15.4 Å². The van der Waals surface area contributed by atoms with Crippen molar-refractivity contribution in [1.29, 1.82) is 0 Å². The topological polar surface area (TPSA) is 96.5 Å². The SMILES string of the molecule is CC1(C)Cc2cc(CNC(=O)C[C@H]3NC(=O)NC3=O)ccc2O1. The molecule has 3 rings (SSSR count). The maximum Gasteiger partial charge on any atom is 0.322 e. The van der Waals surface area contributed by atoms with Crippen molar-refractivity contribution < 1.29 is 19.1 Å². The zero-order chi connectivity index (χ0) is 16.6. The van der Waals surface area contributed by atoms with Crippen LogP contribution in [0.3, 0.4) is 0 Å². The number of hydrogen-bond acceptors (Lipinski definition) is 4. The van der Waals surface area contributed by atoms with Gasteiger partial charge in [0.2, 0.25) is 5.91 Å². The number of nitrogens with one attached hydrogen (secondary N) is 3. The third-order valence-electron chi connectivity index (χ3n) is 3.87. The van der Waals surface area contributed by atoms with Gasteiger partial charge in [0, 0.05) is 13.0 Å². The van der Waals surface area contributed by atoms with E-state index in [1.807, 2.05) is 32.0 Å². The molecule has 1 atom stereocenters. The molecular weight excluding hydrogens is 298 g/mol. The summed E-state index contributed by atoms with van der Waals surface area (Å²) in [6, 6.07) is 4.49. The molecule has 0 radical (unpaired) electrons. The van der Waals surface area contributed by atoms with Crippen molar-refractivity contribution in [2.24, 2.45) is 0 Å². The van der Waals surface area contributed by atoms with Crippen LogP contribution in [-0.4, -0.2) is 29.5 Å². The van der Waals surface area contributed by atoms with E-state index in [1.54, 1.807) is 0 Å². The van der Waals surface area contributed by atoms with Crippen molar-refractivity contribution in [1.82, 2.24) is 16.0 Å². The van der Waals surface area contributed by atoms with Gasteiger partial charge in [-0.15, -0.1) is 0 Å². The molecule has 1 aromatic carbocycles. The molecular formula is C16H19N3O4. The molecule has 7 heteroatoms. The molecule has 2 aliphatic rings. The summed E-state index contributed by atoms with van der Waals surface area (Å²) in [4.78, 5) is 34.3. The van der Waals surface area contributed by atoms with Crippen LogP contribution >= 0.6 is 0 Å². The van der Waals surface area contributed by atoms with E-state index in [0.29, 0.717) is 6.54 Å². The number of ether oxygens (including phenoxy) is 1. The number of rotatable bonds is 4. The Labute approximate surface area is 133 Å². The molecule has 2 aliphatic heterocycles. The summed E-state index contributed by atoms with van der Waals surface area (Å²) in [5, 5.41) is 7.26. The van der Waals surface area contributed by atoms with Gasteiger partial charge in [0.1, 0.15) is 17.4 Å². The average Bonchev–Trinajstić information content (AvgIpc) is 2.93. The van der Waals surface area contributed by atoms with Gasteiger partial charge in [-0.3, -0.25) is 14.9 Å². The number of benzene rings is 1. The van der Waals surface area contributed by atoms with E-state index < -0.39 is 18.0 Å². The lowest BCUT2D eigenvalue weighted by molar-refractivity contribution is -0.126. The fourth-order valence-electron chi connectivity index (χ4n) is 2.83. The van der Waals surface area contributed by atoms with Crippen LogP contribution in [0.15, 0.2) is 18.2 Å². The highest BCUT2D eigenvalue weighted by Gasteiger charge is 2.31. The molecule has 1 fully saturated rings. The first kappa shape index (κ1) is 15.3. The minimum atomic E-state index is -0.795. The average molecular weight is 317 g/mol. The molecule has 0 saturated carbocycles. The van der Waals surface area contributed by atoms with Crippen molar-refractivity contribution in [3.8, 4) is 5.75 Å². The summed E-state index contributed by atoms with van der Waals surface area (Å²) in [6.07, 6.45) is 0.761. The third-order valence-corrected chi connectivity index (χ3v) is 3.87. The monoisotopic (exact) mass is 317 g/mol. The summed E-state index contributed by atoms with van der Waals surface area (Å²) in [7, 11) is 0. The lowest BCUT2D eigenvalue weighted by Crippen LogP contribution is -2.36. The van der Waals surface area contributed by atoms with Gasteiger partial charge in [0.15, 0.2) is 0 Å². The Morgan fingerprint density at radius 1 is 1.39 bits per heavy atom. The van der Waals surface area contributed by atoms with Crippen LogP contribution in [-0.2, 0) is 22.6 Å². The number of imide groups is 1. The summed E-state index contributed by atoms with van der Waals surface area (Å²) < 4.78 is 5.81. The smallest absolute Gasteiger partial charge is 0.322 e. The molecule has 0 spiro atoms. The van der Waals surface area contributed by atoms with Crippen molar-refractivity contribution in [3.63, 3.8) is 0 Å². The maximum atomic E-state index is 11.9. The van der Waals surface area contributed by atoms with Gasteiger partial charge >= 0.3 is 6.03 Å². The van der Waals surface area contributed by atoms with Crippen LogP contribution in [0.25, 0.3) is 0 Å². The highest BCUT2D eigenvalue weighted by Crippen LogP contribution is 2.35. The van der Waals surface area contributed by atoms with Gasteiger partial charge in [-0.1, -0.05) is 12.1 Å². The highest BCUT2D eigenvalue weighted by atomic mass is 16.5. The Hall–Kier alpha value is -2.57. The zero-order valence-electron chi connectivity index (χ0n) is 13.1. The summed E-state index contributed by atoms with van der Waals surface area (Å²) in [5.41, 5.74) is 1.90. The van der Waals surface area contributed by atoms with Crippen LogP contribution in [0, 0.1) is 0 Å². The highest BCUT2D eigenvalue weighted by molar-refractivity contribution is 6.05. The lowest BCUT2D eigenvalue weighted by Gasteiger charge is -2.16. The van der Waals surface area contributed by atoms with E-state index in [2.05, 4.69) is 16.0 Å². The maximum absolute atomic E-state index is 11.9. The predicted molar refractivity (Wildman–Crippen MR) is 81.8 cm³/mol. The lowest BCUT2D eigenvalue weighted by atomic mass is 10.0. The van der Waals surface area contributed by atoms with Crippen LogP contribution in [0.4, 0.5) is 4.79 Å². The quantitative estimate of drug-likeness (QED) is 0.709. The molecule has 0 aliphatic carbocycles. The van der Waals surface area contributed by atoms with Crippen molar-refractivity contribution in [2.75, 3.05) is 0 Å². The number of urea groups is 1. The number of amides is 4. The van der Waals surface area contributed by atoms with E-state index in [0.717, 1.165) is 23.3 Å². The molecule has 7 nitrogen and oxygen atoms in total. The van der Waals surface area contributed by atoms with Gasteiger partial charge in [0.25, 0.3) is 5.91 Å². The van der Waals surface area contributed by atoms with Crippen LogP contribution in [0.5, 0.6) is 5.75 Å². The van der Waals surface area contributed by atoms with Gasteiger partial charge in [0.05, 0.1) is 6.42 Å². The van der Waals surface area contributed by atoms with E-state index in [-0.39, 0.29) is 17.9 Å². The molecule has 1 aromatic rings. The Kier molecular flexibility index (Phi) is 3.71. The molecule has 4 amide bonds. The van der Waals surface area contributed by atoms with Crippen molar-refractivity contribution in [2.45, 2.75) is 44.9 Å². The minimum absolute atomic E-state index is 0.0708. The fraction of sp³-hybridized carbons (Fsp3) is 0.438. The Morgan fingerprint density at radius 3 is 2.87 bits per heavy atom. The van der Waals surface area contributed by atoms with E-state index >= 15 is 0 Å². The van der Waals surface area contributed by atoms with Gasteiger partial charge in [-0.05, 0) is 31.0 Å². The second-order valence-corrected chi connectivity index (χ2v) is 6.48. The molecule has 0 unspecified atom stereocenters. The second kappa shape index (κ2) is 5.57. The van der Waals surface area contributed by atoms with E-state index in [9.17, 15) is 14.4 Å². The molecule has 1 saturated heterocycles. The van der Waals surface area contributed by atoms with Crippen LogP contribution < -0.4 is 20.7 Å². The van der Waals surface area contributed by atoms with E-state index in [4.69, 9.17) is 4.74 Å². The molecule has 122 valence electrons. The molecule has 23 heavy (non-hydrogen) atoms. The summed E-state index contributed by atoms with van der Waals surface area (Å²) in [6.45, 7) is 4.44. The third kappa shape index (κ3) is 3.44. The first-order valence-electron chi connectivity index (χ1n) is 7.51. The Balaban J connectivity index is 1.54. The van der Waals surface area contributed by atoms with Gasteiger partial charge in [-0.2, -0.15) is 0 Å². The number of carbonyl (C=O) groups excluding carboxylic acids is 3. The van der Waals surface area contributed by atoms with Crippen molar-refractivity contribution in [3.05, 3.63) is 29.3 Å². The van der Waals surface area contributed by atoms with Crippen LogP contribution in [0.1, 0.15) is 31.4 Å².